The molecule has 2 aromatic carbocycles. The minimum Gasteiger partial charge on any atom is -0.353 e. The van der Waals surface area contributed by atoms with Gasteiger partial charge in [0.25, 0.3) is 5.91 Å². The highest BCUT2D eigenvalue weighted by Crippen LogP contribution is 2.41. The number of hydrogen-bond donors (Lipinski definition) is 2. The van der Waals surface area contributed by atoms with E-state index in [-0.39, 0.29) is 12.1 Å². The summed E-state index contributed by atoms with van der Waals surface area (Å²) in [5.74, 6) is 0.0164. The van der Waals surface area contributed by atoms with E-state index in [1.807, 2.05) is 30.3 Å². The second-order valence-electron chi connectivity index (χ2n) is 7.26. The molecule has 28 heavy (non-hydrogen) atoms. The van der Waals surface area contributed by atoms with Gasteiger partial charge in [-0.2, -0.15) is 0 Å². The van der Waals surface area contributed by atoms with Crippen molar-refractivity contribution >= 4 is 33.8 Å². The Labute approximate surface area is 173 Å². The van der Waals surface area contributed by atoms with Crippen molar-refractivity contribution in [2.75, 3.05) is 11.9 Å². The van der Waals surface area contributed by atoms with E-state index in [4.69, 9.17) is 11.6 Å². The zero-order valence-electron chi connectivity index (χ0n) is 15.2. The molecule has 1 amide bonds. The number of anilines is 1. The van der Waals surface area contributed by atoms with Gasteiger partial charge in [0.2, 0.25) is 0 Å². The third-order valence-electron chi connectivity index (χ3n) is 5.37. The van der Waals surface area contributed by atoms with E-state index < -0.39 is 0 Å². The summed E-state index contributed by atoms with van der Waals surface area (Å²) < 4.78 is 0. The van der Waals surface area contributed by atoms with Crippen molar-refractivity contribution < 1.29 is 4.79 Å². The Morgan fingerprint density at radius 2 is 1.86 bits per heavy atom. The SMILES string of the molecule is O=C1N[C@H](c2ccc(Cl)cc2)Nc2sc3c(c21)CCN(Cc1ccccc1)C3. The van der Waals surface area contributed by atoms with Gasteiger partial charge in [0.1, 0.15) is 11.2 Å². The van der Waals surface area contributed by atoms with Crippen LogP contribution < -0.4 is 10.6 Å². The summed E-state index contributed by atoms with van der Waals surface area (Å²) in [7, 11) is 0. The van der Waals surface area contributed by atoms with Gasteiger partial charge in [0.05, 0.1) is 5.56 Å². The van der Waals surface area contributed by atoms with E-state index in [1.165, 1.54) is 16.0 Å². The molecule has 0 bridgehead atoms. The van der Waals surface area contributed by atoms with Crippen molar-refractivity contribution in [1.29, 1.82) is 0 Å². The van der Waals surface area contributed by atoms with Gasteiger partial charge in [-0.1, -0.05) is 54.1 Å². The number of halogens is 1. The first-order valence-corrected chi connectivity index (χ1v) is 10.6. The zero-order chi connectivity index (χ0) is 19.1. The smallest absolute Gasteiger partial charge is 0.256 e. The van der Waals surface area contributed by atoms with Crippen LogP contribution in [0.3, 0.4) is 0 Å². The standard InChI is InChI=1S/C22H20ClN3OS/c23-16-8-6-15(7-9-16)20-24-21(27)19-17-10-11-26(12-14-4-2-1-3-5-14)13-18(17)28-22(19)25-20/h1-9,20,25H,10-13H2,(H,24,27)/t20-/m0/s1. The van der Waals surface area contributed by atoms with Gasteiger partial charge in [0, 0.05) is 29.5 Å². The van der Waals surface area contributed by atoms with E-state index >= 15 is 0 Å². The summed E-state index contributed by atoms with van der Waals surface area (Å²) in [6.45, 7) is 2.80. The Morgan fingerprint density at radius 3 is 2.64 bits per heavy atom. The monoisotopic (exact) mass is 409 g/mol. The maximum atomic E-state index is 12.9. The summed E-state index contributed by atoms with van der Waals surface area (Å²) in [6.07, 6.45) is 0.687. The van der Waals surface area contributed by atoms with Crippen molar-refractivity contribution in [2.45, 2.75) is 25.7 Å². The van der Waals surface area contributed by atoms with Gasteiger partial charge >= 0.3 is 0 Å². The first-order valence-electron chi connectivity index (χ1n) is 9.41. The van der Waals surface area contributed by atoms with Crippen LogP contribution in [-0.4, -0.2) is 17.4 Å². The number of benzene rings is 2. The van der Waals surface area contributed by atoms with E-state index in [0.717, 1.165) is 42.2 Å². The van der Waals surface area contributed by atoms with Crippen molar-refractivity contribution in [3.8, 4) is 0 Å². The number of amides is 1. The predicted molar refractivity (Wildman–Crippen MR) is 114 cm³/mol. The second-order valence-corrected chi connectivity index (χ2v) is 8.80. The van der Waals surface area contributed by atoms with Gasteiger partial charge in [-0.05, 0) is 35.2 Å². The molecule has 0 spiro atoms. The number of nitrogens with zero attached hydrogens (tertiary/aromatic N) is 1. The van der Waals surface area contributed by atoms with Gasteiger partial charge in [-0.25, -0.2) is 0 Å². The molecule has 2 aliphatic heterocycles. The Hall–Kier alpha value is -2.34. The molecule has 0 aliphatic carbocycles. The Kier molecular flexibility index (Phi) is 4.59. The molecule has 0 saturated heterocycles. The summed E-state index contributed by atoms with van der Waals surface area (Å²) in [4.78, 5) is 16.6. The lowest BCUT2D eigenvalue weighted by molar-refractivity contribution is 0.0934. The number of fused-ring (bicyclic) bond motifs is 3. The zero-order valence-corrected chi connectivity index (χ0v) is 16.8. The normalized spacial score (nSPS) is 18.8. The third-order valence-corrected chi connectivity index (χ3v) is 6.77. The second kappa shape index (κ2) is 7.24. The number of carbonyl (C=O) groups is 1. The molecule has 1 atom stereocenters. The quantitative estimate of drug-likeness (QED) is 0.652. The third kappa shape index (κ3) is 3.30. The molecule has 5 rings (SSSR count). The van der Waals surface area contributed by atoms with Gasteiger partial charge in [-0.15, -0.1) is 11.3 Å². The maximum Gasteiger partial charge on any atom is 0.256 e. The lowest BCUT2D eigenvalue weighted by atomic mass is 10.00. The summed E-state index contributed by atoms with van der Waals surface area (Å²) in [6, 6.07) is 18.1. The molecule has 0 radical (unpaired) electrons. The summed E-state index contributed by atoms with van der Waals surface area (Å²) in [5, 5.41) is 8.28. The Balaban J connectivity index is 1.38. The molecule has 6 heteroatoms. The number of carbonyl (C=O) groups excluding carboxylic acids is 1. The van der Waals surface area contributed by atoms with Gasteiger partial charge < -0.3 is 10.6 Å². The van der Waals surface area contributed by atoms with E-state index in [1.54, 1.807) is 11.3 Å². The lowest BCUT2D eigenvalue weighted by Gasteiger charge is -2.28. The van der Waals surface area contributed by atoms with Gasteiger partial charge in [0.15, 0.2) is 0 Å². The molecule has 0 unspecified atom stereocenters. The Morgan fingerprint density at radius 1 is 1.07 bits per heavy atom. The number of thiophene rings is 1. The van der Waals surface area contributed by atoms with Gasteiger partial charge in [-0.3, -0.25) is 9.69 Å². The summed E-state index contributed by atoms with van der Waals surface area (Å²) in [5.41, 5.74) is 4.37. The molecule has 1 aromatic heterocycles. The van der Waals surface area contributed by atoms with Crippen LogP contribution in [-0.2, 0) is 19.5 Å². The fraction of sp³-hybridized carbons (Fsp3) is 0.227. The van der Waals surface area contributed by atoms with Crippen LogP contribution in [0.2, 0.25) is 5.02 Å². The fourth-order valence-electron chi connectivity index (χ4n) is 3.97. The number of nitrogens with one attached hydrogen (secondary N) is 2. The van der Waals surface area contributed by atoms with Crippen LogP contribution in [0.1, 0.15) is 38.1 Å². The minimum absolute atomic E-state index is 0.0164. The van der Waals surface area contributed by atoms with Crippen LogP contribution >= 0.6 is 22.9 Å². The molecule has 142 valence electrons. The van der Waals surface area contributed by atoms with E-state index in [2.05, 4.69) is 39.8 Å². The van der Waals surface area contributed by atoms with Crippen molar-refractivity contribution in [1.82, 2.24) is 10.2 Å². The number of hydrogen-bond acceptors (Lipinski definition) is 4. The first-order chi connectivity index (χ1) is 13.7. The largest absolute Gasteiger partial charge is 0.353 e. The minimum atomic E-state index is -0.224. The molecule has 0 fully saturated rings. The van der Waals surface area contributed by atoms with Crippen LogP contribution in [0.25, 0.3) is 0 Å². The molecule has 4 nitrogen and oxygen atoms in total. The molecule has 2 N–H and O–H groups in total. The molecular formula is C22H20ClN3OS. The highest BCUT2D eigenvalue weighted by Gasteiger charge is 2.33. The highest BCUT2D eigenvalue weighted by atomic mass is 35.5. The molecular weight excluding hydrogens is 390 g/mol. The molecule has 0 saturated carbocycles. The average Bonchev–Trinajstić information content (AvgIpc) is 3.07. The Bertz CT molecular complexity index is 1020. The lowest BCUT2D eigenvalue weighted by Crippen LogP contribution is -2.38. The topological polar surface area (TPSA) is 44.4 Å². The predicted octanol–water partition coefficient (Wildman–Crippen LogP) is 4.81. The highest BCUT2D eigenvalue weighted by molar-refractivity contribution is 7.16. The van der Waals surface area contributed by atoms with E-state index in [0.29, 0.717) is 5.02 Å². The molecule has 2 aliphatic rings. The van der Waals surface area contributed by atoms with Crippen LogP contribution in [0.4, 0.5) is 5.00 Å². The molecule has 3 aromatic rings. The van der Waals surface area contributed by atoms with Crippen molar-refractivity contribution in [2.24, 2.45) is 0 Å². The van der Waals surface area contributed by atoms with Crippen LogP contribution in [0.15, 0.2) is 54.6 Å². The van der Waals surface area contributed by atoms with Crippen LogP contribution in [0.5, 0.6) is 0 Å². The number of rotatable bonds is 3. The van der Waals surface area contributed by atoms with Crippen molar-refractivity contribution in [3.63, 3.8) is 0 Å². The molecule has 3 heterocycles. The van der Waals surface area contributed by atoms with Crippen LogP contribution in [0, 0.1) is 0 Å². The average molecular weight is 410 g/mol. The van der Waals surface area contributed by atoms with Crippen molar-refractivity contribution in [3.05, 3.63) is 86.8 Å². The fourth-order valence-corrected chi connectivity index (χ4v) is 5.41. The summed E-state index contributed by atoms with van der Waals surface area (Å²) >= 11 is 7.71. The van der Waals surface area contributed by atoms with E-state index in [9.17, 15) is 4.79 Å². The first kappa shape index (κ1) is 17.7. The maximum absolute atomic E-state index is 12.9.